The van der Waals surface area contributed by atoms with Crippen LogP contribution < -0.4 is 5.32 Å². The van der Waals surface area contributed by atoms with Crippen molar-refractivity contribution in [3.63, 3.8) is 0 Å². The largest absolute Gasteiger partial charge is 0.416 e. The maximum atomic E-state index is 13.2. The Bertz CT molecular complexity index is 1020. The first kappa shape index (κ1) is 20.2. The van der Waals surface area contributed by atoms with E-state index in [0.717, 1.165) is 12.1 Å². The van der Waals surface area contributed by atoms with Gasteiger partial charge in [0.15, 0.2) is 0 Å². The molecule has 0 spiro atoms. The molecule has 5 nitrogen and oxygen atoms in total. The SMILES string of the molecule is C=CCOC1CC2C(=O)Nc3ccc(-c4cccc(C(F)(F)F)c4)cc3C(=O)N2C1. The Kier molecular flexibility index (Phi) is 5.11. The zero-order valence-corrected chi connectivity index (χ0v) is 15.9. The van der Waals surface area contributed by atoms with E-state index in [-0.39, 0.29) is 30.0 Å². The second-order valence-electron chi connectivity index (χ2n) is 7.28. The van der Waals surface area contributed by atoms with Crippen LogP contribution in [-0.4, -0.2) is 42.0 Å². The molecule has 1 N–H and O–H groups in total. The fraction of sp³-hybridized carbons (Fsp3) is 0.273. The zero-order chi connectivity index (χ0) is 21.5. The lowest BCUT2D eigenvalue weighted by molar-refractivity contribution is -0.137. The van der Waals surface area contributed by atoms with E-state index in [2.05, 4.69) is 11.9 Å². The van der Waals surface area contributed by atoms with Gasteiger partial charge in [-0.05, 0) is 35.4 Å². The molecule has 0 bridgehead atoms. The molecule has 0 aliphatic carbocycles. The summed E-state index contributed by atoms with van der Waals surface area (Å²) >= 11 is 0. The van der Waals surface area contributed by atoms with Gasteiger partial charge in [0.2, 0.25) is 5.91 Å². The Morgan fingerprint density at radius 3 is 2.67 bits per heavy atom. The first-order valence-corrected chi connectivity index (χ1v) is 9.44. The van der Waals surface area contributed by atoms with Crippen LogP contribution in [0.25, 0.3) is 11.1 Å². The molecule has 1 fully saturated rings. The molecule has 2 aliphatic heterocycles. The standard InChI is InChI=1S/C22H19F3N2O3/c1-2-8-30-16-11-19-20(28)26-18-7-6-14(10-17(18)21(29)27(19)12-16)13-4-3-5-15(9-13)22(23,24)25/h2-7,9-10,16,19H,1,8,11-12H2,(H,26,28). The topological polar surface area (TPSA) is 58.6 Å². The first-order chi connectivity index (χ1) is 14.3. The summed E-state index contributed by atoms with van der Waals surface area (Å²) in [5.74, 6) is -0.662. The molecular weight excluding hydrogens is 397 g/mol. The van der Waals surface area contributed by atoms with Gasteiger partial charge in [0.05, 0.1) is 29.5 Å². The lowest BCUT2D eigenvalue weighted by Crippen LogP contribution is -2.40. The number of amides is 2. The van der Waals surface area contributed by atoms with Crippen LogP contribution in [0, 0.1) is 0 Å². The molecule has 30 heavy (non-hydrogen) atoms. The molecule has 4 rings (SSSR count). The second-order valence-corrected chi connectivity index (χ2v) is 7.28. The summed E-state index contributed by atoms with van der Waals surface area (Å²) in [7, 11) is 0. The van der Waals surface area contributed by atoms with Crippen molar-refractivity contribution in [1.29, 1.82) is 0 Å². The fourth-order valence-electron chi connectivity index (χ4n) is 3.85. The van der Waals surface area contributed by atoms with Crippen molar-refractivity contribution in [1.82, 2.24) is 4.90 Å². The number of rotatable bonds is 4. The number of fused-ring (bicyclic) bond motifs is 2. The summed E-state index contributed by atoms with van der Waals surface area (Å²) in [6.07, 6.45) is -2.77. The van der Waals surface area contributed by atoms with Crippen LogP contribution in [0.2, 0.25) is 0 Å². The number of nitrogens with zero attached hydrogens (tertiary/aromatic N) is 1. The minimum atomic E-state index is -4.46. The number of carbonyl (C=O) groups excluding carboxylic acids is 2. The van der Waals surface area contributed by atoms with Crippen molar-refractivity contribution < 1.29 is 27.5 Å². The normalized spacial score (nSPS) is 21.0. The van der Waals surface area contributed by atoms with E-state index in [1.807, 2.05) is 0 Å². The Morgan fingerprint density at radius 1 is 1.17 bits per heavy atom. The highest BCUT2D eigenvalue weighted by Gasteiger charge is 2.43. The number of ether oxygens (including phenoxy) is 1. The van der Waals surface area contributed by atoms with E-state index in [0.29, 0.717) is 29.8 Å². The zero-order valence-electron chi connectivity index (χ0n) is 15.9. The van der Waals surface area contributed by atoms with Crippen molar-refractivity contribution in [2.75, 3.05) is 18.5 Å². The maximum absolute atomic E-state index is 13.2. The molecule has 1 saturated heterocycles. The van der Waals surface area contributed by atoms with E-state index < -0.39 is 17.8 Å². The first-order valence-electron chi connectivity index (χ1n) is 9.44. The van der Waals surface area contributed by atoms with Gasteiger partial charge in [0.25, 0.3) is 5.91 Å². The van der Waals surface area contributed by atoms with Crippen molar-refractivity contribution in [2.45, 2.75) is 24.7 Å². The molecule has 8 heteroatoms. The van der Waals surface area contributed by atoms with Gasteiger partial charge in [0.1, 0.15) is 6.04 Å². The van der Waals surface area contributed by atoms with Gasteiger partial charge in [-0.3, -0.25) is 9.59 Å². The van der Waals surface area contributed by atoms with Crippen molar-refractivity contribution >= 4 is 17.5 Å². The van der Waals surface area contributed by atoms with E-state index in [1.165, 1.54) is 17.0 Å². The predicted molar refractivity (Wildman–Crippen MR) is 105 cm³/mol. The number of hydrogen-bond donors (Lipinski definition) is 1. The van der Waals surface area contributed by atoms with Crippen molar-refractivity contribution in [3.8, 4) is 11.1 Å². The molecule has 2 aromatic rings. The lowest BCUT2D eigenvalue weighted by atomic mass is 9.99. The van der Waals surface area contributed by atoms with E-state index in [1.54, 1.807) is 24.3 Å². The number of nitrogens with one attached hydrogen (secondary N) is 1. The van der Waals surface area contributed by atoms with Crippen LogP contribution in [0.3, 0.4) is 0 Å². The summed E-state index contributed by atoms with van der Waals surface area (Å²) in [5, 5.41) is 2.76. The molecule has 2 unspecified atom stereocenters. The Balaban J connectivity index is 1.68. The van der Waals surface area contributed by atoms with Crippen LogP contribution in [-0.2, 0) is 15.7 Å². The molecule has 2 amide bonds. The molecule has 0 radical (unpaired) electrons. The molecule has 2 heterocycles. The van der Waals surface area contributed by atoms with Crippen molar-refractivity contribution in [3.05, 3.63) is 66.2 Å². The van der Waals surface area contributed by atoms with Crippen LogP contribution in [0.5, 0.6) is 0 Å². The summed E-state index contributed by atoms with van der Waals surface area (Å²) in [4.78, 5) is 27.3. The maximum Gasteiger partial charge on any atom is 0.416 e. The lowest BCUT2D eigenvalue weighted by Gasteiger charge is -2.20. The van der Waals surface area contributed by atoms with Crippen LogP contribution in [0.4, 0.5) is 18.9 Å². The third-order valence-corrected chi connectivity index (χ3v) is 5.31. The van der Waals surface area contributed by atoms with Crippen LogP contribution in [0.15, 0.2) is 55.1 Å². The third-order valence-electron chi connectivity index (χ3n) is 5.31. The monoisotopic (exact) mass is 416 g/mol. The summed E-state index contributed by atoms with van der Waals surface area (Å²) in [6.45, 7) is 4.17. The molecule has 156 valence electrons. The van der Waals surface area contributed by atoms with Gasteiger partial charge < -0.3 is 15.0 Å². The Morgan fingerprint density at radius 2 is 1.93 bits per heavy atom. The van der Waals surface area contributed by atoms with E-state index >= 15 is 0 Å². The number of anilines is 1. The van der Waals surface area contributed by atoms with Gasteiger partial charge >= 0.3 is 6.18 Å². The second kappa shape index (κ2) is 7.60. The number of carbonyl (C=O) groups is 2. The summed E-state index contributed by atoms with van der Waals surface area (Å²) in [6, 6.07) is 8.92. The van der Waals surface area contributed by atoms with Gasteiger partial charge in [-0.25, -0.2) is 0 Å². The predicted octanol–water partition coefficient (Wildman–Crippen LogP) is 4.11. The average molecular weight is 416 g/mol. The average Bonchev–Trinajstić information content (AvgIpc) is 3.12. The van der Waals surface area contributed by atoms with Gasteiger partial charge in [-0.15, -0.1) is 6.58 Å². The summed E-state index contributed by atoms with van der Waals surface area (Å²) < 4.78 is 44.8. The number of alkyl halides is 3. The van der Waals surface area contributed by atoms with E-state index in [9.17, 15) is 22.8 Å². The van der Waals surface area contributed by atoms with Crippen molar-refractivity contribution in [2.24, 2.45) is 0 Å². The Hall–Kier alpha value is -3.13. The number of benzene rings is 2. The van der Waals surface area contributed by atoms with Crippen LogP contribution in [0.1, 0.15) is 22.3 Å². The highest BCUT2D eigenvalue weighted by Crippen LogP contribution is 2.35. The highest BCUT2D eigenvalue weighted by molar-refractivity contribution is 6.10. The molecule has 2 aromatic carbocycles. The smallest absolute Gasteiger partial charge is 0.372 e. The molecule has 0 aromatic heterocycles. The summed E-state index contributed by atoms with van der Waals surface area (Å²) in [5.41, 5.74) is 0.612. The molecule has 2 atom stereocenters. The minimum absolute atomic E-state index is 0.241. The van der Waals surface area contributed by atoms with Gasteiger partial charge in [-0.2, -0.15) is 13.2 Å². The molecule has 2 aliphatic rings. The quantitative estimate of drug-likeness (QED) is 0.764. The highest BCUT2D eigenvalue weighted by atomic mass is 19.4. The molecular formula is C22H19F3N2O3. The van der Waals surface area contributed by atoms with Gasteiger partial charge in [-0.1, -0.05) is 24.3 Å². The third kappa shape index (κ3) is 3.70. The number of hydrogen-bond acceptors (Lipinski definition) is 3. The van der Waals surface area contributed by atoms with Crippen LogP contribution >= 0.6 is 0 Å². The Labute approximate surface area is 171 Å². The molecule has 0 saturated carbocycles. The minimum Gasteiger partial charge on any atom is -0.372 e. The van der Waals surface area contributed by atoms with E-state index in [4.69, 9.17) is 4.74 Å². The van der Waals surface area contributed by atoms with Gasteiger partial charge in [0, 0.05) is 13.0 Å². The fourth-order valence-corrected chi connectivity index (χ4v) is 3.85. The number of halogens is 3.